The molecule has 2 N–H and O–H groups in total. The van der Waals surface area contributed by atoms with Gasteiger partial charge < -0.3 is 5.73 Å². The second kappa shape index (κ2) is 3.77. The van der Waals surface area contributed by atoms with Crippen LogP contribution in [0, 0.1) is 0 Å². The predicted octanol–water partition coefficient (Wildman–Crippen LogP) is 3.34. The lowest BCUT2D eigenvalue weighted by atomic mass is 9.70. The van der Waals surface area contributed by atoms with E-state index in [0.717, 1.165) is 0 Å². The van der Waals surface area contributed by atoms with Crippen molar-refractivity contribution in [3.63, 3.8) is 0 Å². The molecule has 100 valence electrons. The van der Waals surface area contributed by atoms with Gasteiger partial charge in [0.2, 0.25) is 0 Å². The number of alkyl halides is 5. The van der Waals surface area contributed by atoms with Gasteiger partial charge in [0.05, 0.1) is 11.1 Å². The summed E-state index contributed by atoms with van der Waals surface area (Å²) in [7, 11) is 0. The van der Waals surface area contributed by atoms with Crippen molar-refractivity contribution in [1.29, 1.82) is 0 Å². The summed E-state index contributed by atoms with van der Waals surface area (Å²) in [5.74, 6) is -2.97. The van der Waals surface area contributed by atoms with Gasteiger partial charge in [0, 0.05) is 24.6 Å². The normalized spacial score (nSPS) is 21.5. The van der Waals surface area contributed by atoms with Crippen LogP contribution in [0.4, 0.5) is 22.0 Å². The van der Waals surface area contributed by atoms with Crippen LogP contribution < -0.4 is 5.73 Å². The SMILES string of the molecule is NC1(c2cc(C(F)(F)F)cnc2Cl)CC(F)(F)C1. The Morgan fingerprint density at radius 2 is 1.83 bits per heavy atom. The van der Waals surface area contributed by atoms with Gasteiger partial charge in [-0.3, -0.25) is 0 Å². The summed E-state index contributed by atoms with van der Waals surface area (Å²) in [5.41, 5.74) is 2.85. The molecule has 0 aromatic carbocycles. The second-order valence-electron chi connectivity index (χ2n) is 4.43. The number of hydrogen-bond donors (Lipinski definition) is 1. The molecule has 1 aliphatic carbocycles. The molecule has 1 aromatic heterocycles. The zero-order valence-corrected chi connectivity index (χ0v) is 9.62. The minimum absolute atomic E-state index is 0.190. The van der Waals surface area contributed by atoms with Crippen molar-refractivity contribution in [1.82, 2.24) is 4.98 Å². The lowest BCUT2D eigenvalue weighted by molar-refractivity contribution is -0.138. The molecule has 2 rings (SSSR count). The smallest absolute Gasteiger partial charge is 0.321 e. The van der Waals surface area contributed by atoms with Crippen molar-refractivity contribution >= 4 is 11.6 Å². The first-order valence-corrected chi connectivity index (χ1v) is 5.31. The number of halogens is 6. The van der Waals surface area contributed by atoms with Gasteiger partial charge in [-0.1, -0.05) is 11.6 Å². The monoisotopic (exact) mass is 286 g/mol. The standard InChI is InChI=1S/C10H8ClF5N2/c11-7-6(8(17)3-9(12,13)4-8)1-5(2-18-7)10(14,15)16/h1-2H,3-4,17H2. The fourth-order valence-corrected chi connectivity index (χ4v) is 2.31. The zero-order chi connectivity index (χ0) is 13.8. The summed E-state index contributed by atoms with van der Waals surface area (Å²) in [6.45, 7) is 0. The third-order valence-corrected chi connectivity index (χ3v) is 3.15. The summed E-state index contributed by atoms with van der Waals surface area (Å²) in [4.78, 5) is 3.36. The van der Waals surface area contributed by atoms with Crippen molar-refractivity contribution < 1.29 is 22.0 Å². The van der Waals surface area contributed by atoms with Crippen LogP contribution in [0.25, 0.3) is 0 Å². The summed E-state index contributed by atoms with van der Waals surface area (Å²) < 4.78 is 63.1. The van der Waals surface area contributed by atoms with E-state index >= 15 is 0 Å². The van der Waals surface area contributed by atoms with E-state index < -0.39 is 36.0 Å². The van der Waals surface area contributed by atoms with Crippen molar-refractivity contribution in [3.05, 3.63) is 28.5 Å². The number of pyridine rings is 1. The topological polar surface area (TPSA) is 38.9 Å². The van der Waals surface area contributed by atoms with E-state index in [1.54, 1.807) is 0 Å². The first-order chi connectivity index (χ1) is 8.04. The molecule has 1 fully saturated rings. The van der Waals surface area contributed by atoms with Crippen LogP contribution in [0.15, 0.2) is 12.3 Å². The van der Waals surface area contributed by atoms with Gasteiger partial charge in [0.15, 0.2) is 0 Å². The quantitative estimate of drug-likeness (QED) is 0.635. The largest absolute Gasteiger partial charge is 0.417 e. The number of aromatic nitrogens is 1. The highest BCUT2D eigenvalue weighted by Gasteiger charge is 2.56. The Morgan fingerprint density at radius 3 is 2.28 bits per heavy atom. The van der Waals surface area contributed by atoms with Gasteiger partial charge >= 0.3 is 6.18 Å². The molecule has 0 atom stereocenters. The molecule has 0 aliphatic heterocycles. The number of nitrogens with two attached hydrogens (primary N) is 1. The van der Waals surface area contributed by atoms with Crippen LogP contribution in [-0.2, 0) is 11.7 Å². The predicted molar refractivity (Wildman–Crippen MR) is 54.3 cm³/mol. The maximum absolute atomic E-state index is 12.8. The van der Waals surface area contributed by atoms with Crippen LogP contribution in [0.3, 0.4) is 0 Å². The number of hydrogen-bond acceptors (Lipinski definition) is 2. The average Bonchev–Trinajstić information content (AvgIpc) is 2.12. The fourth-order valence-electron chi connectivity index (χ4n) is 2.01. The zero-order valence-electron chi connectivity index (χ0n) is 8.86. The molecule has 0 saturated heterocycles. The minimum atomic E-state index is -4.62. The molecule has 2 nitrogen and oxygen atoms in total. The Morgan fingerprint density at radius 1 is 1.28 bits per heavy atom. The van der Waals surface area contributed by atoms with E-state index in [1.165, 1.54) is 0 Å². The van der Waals surface area contributed by atoms with Gasteiger partial charge in [0.25, 0.3) is 5.92 Å². The van der Waals surface area contributed by atoms with Gasteiger partial charge in [-0.05, 0) is 6.07 Å². The van der Waals surface area contributed by atoms with Crippen LogP contribution in [0.2, 0.25) is 5.15 Å². The molecule has 1 saturated carbocycles. The first-order valence-electron chi connectivity index (χ1n) is 4.93. The Labute approximate surface area is 104 Å². The molecular weight excluding hydrogens is 279 g/mol. The van der Waals surface area contributed by atoms with Crippen molar-refractivity contribution in [3.8, 4) is 0 Å². The van der Waals surface area contributed by atoms with E-state index in [1.807, 2.05) is 0 Å². The average molecular weight is 287 g/mol. The maximum atomic E-state index is 12.8. The van der Waals surface area contributed by atoms with E-state index in [9.17, 15) is 22.0 Å². The number of rotatable bonds is 1. The molecule has 1 aliphatic rings. The Kier molecular flexibility index (Phi) is 2.82. The third kappa shape index (κ3) is 2.29. The van der Waals surface area contributed by atoms with E-state index in [-0.39, 0.29) is 10.7 Å². The second-order valence-corrected chi connectivity index (χ2v) is 4.78. The van der Waals surface area contributed by atoms with Crippen LogP contribution in [0.1, 0.15) is 24.0 Å². The summed E-state index contributed by atoms with van der Waals surface area (Å²) in [6, 6.07) is 0.685. The Balaban J connectivity index is 2.40. The summed E-state index contributed by atoms with van der Waals surface area (Å²) >= 11 is 5.63. The van der Waals surface area contributed by atoms with Gasteiger partial charge in [-0.25, -0.2) is 13.8 Å². The highest BCUT2D eigenvalue weighted by atomic mass is 35.5. The molecule has 8 heteroatoms. The Bertz CT molecular complexity index is 478. The molecule has 1 aromatic rings. The lowest BCUT2D eigenvalue weighted by Crippen LogP contribution is -2.55. The molecule has 0 spiro atoms. The molecular formula is C10H8ClF5N2. The summed E-state index contributed by atoms with van der Waals surface area (Å²) in [6.07, 6.45) is -5.54. The Hall–Kier alpha value is -0.950. The van der Waals surface area contributed by atoms with Gasteiger partial charge in [-0.2, -0.15) is 13.2 Å². The van der Waals surface area contributed by atoms with Crippen molar-refractivity contribution in [2.45, 2.75) is 30.5 Å². The van der Waals surface area contributed by atoms with Crippen molar-refractivity contribution in [2.75, 3.05) is 0 Å². The molecule has 0 bridgehead atoms. The molecule has 0 unspecified atom stereocenters. The molecule has 1 heterocycles. The highest BCUT2D eigenvalue weighted by molar-refractivity contribution is 6.30. The van der Waals surface area contributed by atoms with Crippen molar-refractivity contribution in [2.24, 2.45) is 5.73 Å². The highest BCUT2D eigenvalue weighted by Crippen LogP contribution is 2.51. The maximum Gasteiger partial charge on any atom is 0.417 e. The van der Waals surface area contributed by atoms with E-state index in [0.29, 0.717) is 12.3 Å². The van der Waals surface area contributed by atoms with E-state index in [4.69, 9.17) is 17.3 Å². The minimum Gasteiger partial charge on any atom is -0.321 e. The fraction of sp³-hybridized carbons (Fsp3) is 0.500. The first kappa shape index (κ1) is 13.5. The number of nitrogens with zero attached hydrogens (tertiary/aromatic N) is 1. The molecule has 0 radical (unpaired) electrons. The molecule has 0 amide bonds. The summed E-state index contributed by atoms with van der Waals surface area (Å²) in [5, 5.41) is -0.277. The van der Waals surface area contributed by atoms with Gasteiger partial charge in [-0.15, -0.1) is 0 Å². The third-order valence-electron chi connectivity index (χ3n) is 2.85. The van der Waals surface area contributed by atoms with Crippen LogP contribution >= 0.6 is 11.6 Å². The van der Waals surface area contributed by atoms with E-state index in [2.05, 4.69) is 4.98 Å². The van der Waals surface area contributed by atoms with Crippen LogP contribution in [0.5, 0.6) is 0 Å². The molecule has 18 heavy (non-hydrogen) atoms. The van der Waals surface area contributed by atoms with Gasteiger partial charge in [0.1, 0.15) is 5.15 Å². The lowest BCUT2D eigenvalue weighted by Gasteiger charge is -2.45. The van der Waals surface area contributed by atoms with Crippen LogP contribution in [-0.4, -0.2) is 10.9 Å².